The molecule has 9 aromatic rings. The number of aliphatic hydroxyl groups excluding tert-OH is 1. The first-order chi connectivity index (χ1) is 47.0. The van der Waals surface area contributed by atoms with Crippen LogP contribution < -0.4 is 35.0 Å². The van der Waals surface area contributed by atoms with Gasteiger partial charge in [0.2, 0.25) is 0 Å². The molecule has 3 radical (unpaired) electrons. The summed E-state index contributed by atoms with van der Waals surface area (Å²) in [6.07, 6.45) is 16.7. The van der Waals surface area contributed by atoms with Crippen LogP contribution in [0.15, 0.2) is 267 Å². The van der Waals surface area contributed by atoms with Crippen LogP contribution in [0, 0.1) is 0 Å². The normalized spacial score (nSPS) is 18.5. The molecule has 5 N–H and O–H groups in total. The van der Waals surface area contributed by atoms with Crippen molar-refractivity contribution in [3.63, 3.8) is 0 Å². The molecule has 3 aliphatic heterocycles. The van der Waals surface area contributed by atoms with Crippen LogP contribution in [0.1, 0.15) is 112 Å². The van der Waals surface area contributed by atoms with Gasteiger partial charge in [-0.25, -0.2) is 24.9 Å². The van der Waals surface area contributed by atoms with Gasteiger partial charge in [-0.05, 0) is 107 Å². The summed E-state index contributed by atoms with van der Waals surface area (Å²) < 4.78 is 19.0. The maximum Gasteiger partial charge on any atom is 1.00 e. The van der Waals surface area contributed by atoms with Crippen LogP contribution >= 0.6 is 15.9 Å². The van der Waals surface area contributed by atoms with Crippen molar-refractivity contribution in [2.24, 2.45) is 0 Å². The monoisotopic (exact) mass is 1410 g/mol. The number of cyclic esters (lactones) is 3. The third kappa shape index (κ3) is 21.0. The zero-order valence-electron chi connectivity index (χ0n) is 57.2. The molecule has 0 bridgehead atoms. The Kier molecular flexibility index (Phi) is 31.5. The number of amides is 3. The Morgan fingerprint density at radius 1 is 0.505 bits per heavy atom. The minimum Gasteiger partial charge on any atom is -1.00 e. The van der Waals surface area contributed by atoms with E-state index in [1.807, 2.05) is 202 Å². The van der Waals surface area contributed by atoms with Gasteiger partial charge in [0.1, 0.15) is 16.8 Å². The smallest absolute Gasteiger partial charge is 1.00 e. The molecular weight excluding hydrogens is 1330 g/mol. The summed E-state index contributed by atoms with van der Waals surface area (Å²) in [5.74, 6) is 0. The topological polar surface area (TPSA) is 238 Å². The van der Waals surface area contributed by atoms with Gasteiger partial charge in [-0.15, -0.1) is 13.2 Å². The second kappa shape index (κ2) is 39.3. The Morgan fingerprint density at radius 2 is 0.828 bits per heavy atom. The predicted octanol–water partition coefficient (Wildman–Crippen LogP) is 12.3. The molecule has 99 heavy (non-hydrogen) atoms. The number of hydrogen-bond acceptors (Lipinski definition) is 15. The minimum absolute atomic E-state index is 0. The molecule has 6 heterocycles. The van der Waals surface area contributed by atoms with Crippen LogP contribution in [-0.4, -0.2) is 115 Å². The Bertz CT molecular complexity index is 3900. The summed E-state index contributed by atoms with van der Waals surface area (Å²) in [4.78, 5) is 56.2. The fraction of sp³-hybridized carbons (Fsp3) is 0.247. The molecule has 507 valence electrons. The SMILES string of the molecule is C=CC[C@]1(c2ccccc2)CCN([C@@H](C)c2ccc(-c3cccnc3)cc2)C(=O)O1.C=CC[C@]1(c2ccccc2)CCN([C@@H](C)c2ccc(Br)cc2)C(=O)O1.C[C@@H](c1ccc(-c2cccnc2)cc1)N1CC[C@](CCO)(c2ccccc2)OC1=O.OB(O)c1cccnc1.OOO.[B].[H-].[Na+]. The zero-order chi connectivity index (χ0) is 69.2. The van der Waals surface area contributed by atoms with Crippen LogP contribution in [0.3, 0.4) is 0 Å². The first-order valence-corrected chi connectivity index (χ1v) is 32.8. The van der Waals surface area contributed by atoms with E-state index < -0.39 is 23.9 Å². The van der Waals surface area contributed by atoms with Crippen molar-refractivity contribution < 1.29 is 90.3 Å². The molecular formula is C77H83B2BrN6NaO12. The van der Waals surface area contributed by atoms with Crippen molar-refractivity contribution >= 4 is 55.2 Å². The Hall–Kier alpha value is -8.57. The van der Waals surface area contributed by atoms with Crippen molar-refractivity contribution in [3.8, 4) is 22.3 Å². The molecule has 0 aliphatic carbocycles. The van der Waals surface area contributed by atoms with E-state index in [1.165, 1.54) is 6.20 Å². The first-order valence-electron chi connectivity index (χ1n) is 32.0. The van der Waals surface area contributed by atoms with E-state index in [0.717, 1.165) is 72.9 Å². The summed E-state index contributed by atoms with van der Waals surface area (Å²) in [6.45, 7) is 15.6. The number of aliphatic hydroxyl groups is 1. The van der Waals surface area contributed by atoms with Crippen LogP contribution in [0.4, 0.5) is 14.4 Å². The van der Waals surface area contributed by atoms with E-state index in [9.17, 15) is 19.5 Å². The number of pyridine rings is 3. The van der Waals surface area contributed by atoms with Gasteiger partial charge in [-0.3, -0.25) is 15.0 Å². The van der Waals surface area contributed by atoms with Gasteiger partial charge >= 0.3 is 55.0 Å². The predicted molar refractivity (Wildman–Crippen MR) is 385 cm³/mol. The van der Waals surface area contributed by atoms with Gasteiger partial charge in [0, 0.05) is 120 Å². The quantitative estimate of drug-likeness (QED) is 0.0177. The van der Waals surface area contributed by atoms with Crippen molar-refractivity contribution in [3.05, 3.63) is 301 Å². The standard InChI is InChI=1S/C26H26N2O2.C25H26N2O3.C21H22BrNO2.C5H6BNO2.B.Na.H2O3.H/c1-3-15-26(24-9-5-4-6-10-24)16-18-28(25(29)30-26)20(2)21-11-13-22(14-12-21)23-8-7-17-27-19-23;1-19(20-9-11-21(12-10-20)22-6-5-15-26-18-22)27-16-13-25(14-17-28,30-24(27)29)23-7-3-2-4-8-23;1-3-13-21(18-7-5-4-6-8-18)14-15-23(20(24)25-21)16(2)17-9-11-19(22)12-10-17;8-6(9)5-2-1-3-7-4-5;;;1-3-2;/h3-14,17,19-20H,1,15-16,18H2,2H3;2-12,15,18-19,28H,13-14,16-17H2,1H3;3-12,16H,1,13-15H2,2H3;1-4,8-9H;;;1-2H;/q;;;;;+1;;-1/t20-,26+;19-,25-;16-,21+;;;;;/m000...../s1. The molecule has 12 rings (SSSR count). The van der Waals surface area contributed by atoms with Crippen molar-refractivity contribution in [1.29, 1.82) is 0 Å². The summed E-state index contributed by atoms with van der Waals surface area (Å²) in [5, 5.41) is 42.2. The second-order valence-corrected chi connectivity index (χ2v) is 24.4. The fourth-order valence-electron chi connectivity index (χ4n) is 12.2. The fourth-order valence-corrected chi connectivity index (χ4v) is 12.4. The van der Waals surface area contributed by atoms with Gasteiger partial charge in [0.05, 0.1) is 18.1 Å². The van der Waals surface area contributed by atoms with Crippen molar-refractivity contribution in [2.75, 3.05) is 26.2 Å². The summed E-state index contributed by atoms with van der Waals surface area (Å²) >= 11 is 3.45. The Balaban J connectivity index is 0.000000247. The zero-order valence-corrected chi connectivity index (χ0v) is 59.8. The van der Waals surface area contributed by atoms with Gasteiger partial charge in [0.15, 0.2) is 0 Å². The molecule has 3 amide bonds. The molecule has 3 aliphatic rings. The molecule has 22 heteroatoms. The van der Waals surface area contributed by atoms with Crippen molar-refractivity contribution in [1.82, 2.24) is 29.7 Å². The number of carbonyl (C=O) groups excluding carboxylic acids is 3. The van der Waals surface area contributed by atoms with E-state index in [0.29, 0.717) is 50.8 Å². The van der Waals surface area contributed by atoms with Crippen molar-refractivity contribution in [2.45, 2.75) is 94.2 Å². The molecule has 0 saturated carbocycles. The molecule has 3 aromatic heterocycles. The average Bonchev–Trinajstić information content (AvgIpc) is 0.789. The van der Waals surface area contributed by atoms with Gasteiger partial charge in [-0.1, -0.05) is 203 Å². The van der Waals surface area contributed by atoms with Gasteiger partial charge in [0.25, 0.3) is 0 Å². The van der Waals surface area contributed by atoms with Crippen LogP contribution in [-0.2, 0) is 36.1 Å². The van der Waals surface area contributed by atoms with E-state index in [4.69, 9.17) is 34.8 Å². The minimum atomic E-state index is -1.40. The van der Waals surface area contributed by atoms with E-state index in [2.05, 4.69) is 85.5 Å². The molecule has 0 spiro atoms. The Morgan fingerprint density at radius 3 is 1.12 bits per heavy atom. The number of nitrogens with zero attached hydrogens (tertiary/aromatic N) is 6. The van der Waals surface area contributed by atoms with Crippen LogP contribution in [0.2, 0.25) is 0 Å². The third-order valence-corrected chi connectivity index (χ3v) is 18.2. The largest absolute Gasteiger partial charge is 1.00 e. The third-order valence-electron chi connectivity index (χ3n) is 17.7. The maximum absolute atomic E-state index is 13.0. The number of benzene rings is 6. The number of aromatic nitrogens is 3. The van der Waals surface area contributed by atoms with Crippen LogP contribution in [0.25, 0.3) is 22.3 Å². The first kappa shape index (κ1) is 79.4. The van der Waals surface area contributed by atoms with Gasteiger partial charge < -0.3 is 45.5 Å². The number of rotatable bonds is 18. The number of halogens is 1. The second-order valence-electron chi connectivity index (χ2n) is 23.5. The Labute approximate surface area is 614 Å². The molecule has 18 nitrogen and oxygen atoms in total. The molecule has 0 unspecified atom stereocenters. The average molecular weight is 1410 g/mol. The number of ether oxygens (including phenoxy) is 3. The maximum atomic E-state index is 13.0. The number of carbonyl (C=O) groups is 3. The van der Waals surface area contributed by atoms with Crippen LogP contribution in [0.5, 0.6) is 0 Å². The molecule has 3 saturated heterocycles. The molecule has 6 atom stereocenters. The molecule has 3 fully saturated rings. The number of hydrogen-bond donors (Lipinski definition) is 5. The van der Waals surface area contributed by atoms with Gasteiger partial charge in [-0.2, -0.15) is 0 Å². The van der Waals surface area contributed by atoms with E-state index in [-0.39, 0.29) is 82.4 Å². The van der Waals surface area contributed by atoms with E-state index >= 15 is 0 Å². The molecule has 6 aromatic carbocycles. The summed E-state index contributed by atoms with van der Waals surface area (Å²) in [5.41, 5.74) is 8.92. The summed E-state index contributed by atoms with van der Waals surface area (Å²) in [7, 11) is -1.40. The summed E-state index contributed by atoms with van der Waals surface area (Å²) in [6, 6.07) is 65.1. The van der Waals surface area contributed by atoms with E-state index in [1.54, 1.807) is 40.5 Å².